The quantitative estimate of drug-likeness (QED) is 0.345. The lowest BCUT2D eigenvalue weighted by atomic mass is 9.88. The molecule has 5 heteroatoms. The van der Waals surface area contributed by atoms with Gasteiger partial charge >= 0.3 is 5.97 Å². The van der Waals surface area contributed by atoms with Crippen LogP contribution >= 0.6 is 0 Å². The van der Waals surface area contributed by atoms with Gasteiger partial charge in [0.15, 0.2) is 0 Å². The fraction of sp³-hybridized carbons (Fsp3) is 0.833. The molecule has 0 amide bonds. The molecule has 4 N–H and O–H groups in total. The summed E-state index contributed by atoms with van der Waals surface area (Å²) in [6.45, 7) is 2.14. The predicted molar refractivity (Wildman–Crippen MR) is 89.0 cm³/mol. The molecule has 134 valence electrons. The van der Waals surface area contributed by atoms with E-state index in [1.165, 1.54) is 0 Å². The number of aliphatic hydroxyl groups is 3. The van der Waals surface area contributed by atoms with Crippen molar-refractivity contribution in [2.75, 3.05) is 0 Å². The van der Waals surface area contributed by atoms with Crippen molar-refractivity contribution in [2.24, 2.45) is 11.8 Å². The molecule has 1 rings (SSSR count). The van der Waals surface area contributed by atoms with Gasteiger partial charge in [-0.05, 0) is 31.6 Å². The van der Waals surface area contributed by atoms with Crippen LogP contribution in [0.15, 0.2) is 12.2 Å². The van der Waals surface area contributed by atoms with E-state index in [0.29, 0.717) is 25.7 Å². The Hall–Kier alpha value is -0.910. The fourth-order valence-electron chi connectivity index (χ4n) is 3.39. The van der Waals surface area contributed by atoms with Crippen molar-refractivity contribution in [3.05, 3.63) is 12.2 Å². The minimum Gasteiger partial charge on any atom is -0.481 e. The average Bonchev–Trinajstić information content (AvgIpc) is 2.75. The summed E-state index contributed by atoms with van der Waals surface area (Å²) >= 11 is 0. The molecule has 5 nitrogen and oxygen atoms in total. The first-order valence-corrected chi connectivity index (χ1v) is 8.90. The summed E-state index contributed by atoms with van der Waals surface area (Å²) in [5.74, 6) is -0.851. The van der Waals surface area contributed by atoms with Gasteiger partial charge < -0.3 is 20.4 Å². The van der Waals surface area contributed by atoms with Crippen molar-refractivity contribution in [1.29, 1.82) is 0 Å². The van der Waals surface area contributed by atoms with Crippen molar-refractivity contribution in [3.63, 3.8) is 0 Å². The van der Waals surface area contributed by atoms with Crippen LogP contribution in [0.1, 0.15) is 64.7 Å². The van der Waals surface area contributed by atoms with E-state index >= 15 is 0 Å². The number of hydrogen-bond donors (Lipinski definition) is 4. The highest BCUT2D eigenvalue weighted by atomic mass is 16.4. The van der Waals surface area contributed by atoms with Gasteiger partial charge in [-0.15, -0.1) is 0 Å². The van der Waals surface area contributed by atoms with E-state index in [-0.39, 0.29) is 18.3 Å². The van der Waals surface area contributed by atoms with Crippen LogP contribution in [0, 0.1) is 11.8 Å². The highest BCUT2D eigenvalue weighted by Crippen LogP contribution is 2.37. The largest absolute Gasteiger partial charge is 0.481 e. The van der Waals surface area contributed by atoms with E-state index in [4.69, 9.17) is 5.11 Å². The zero-order valence-electron chi connectivity index (χ0n) is 14.1. The molecular weight excluding hydrogens is 296 g/mol. The van der Waals surface area contributed by atoms with Gasteiger partial charge in [-0.3, -0.25) is 4.79 Å². The first kappa shape index (κ1) is 20.1. The summed E-state index contributed by atoms with van der Waals surface area (Å²) < 4.78 is 0. The zero-order valence-corrected chi connectivity index (χ0v) is 14.1. The maximum absolute atomic E-state index is 10.4. The molecule has 0 radical (unpaired) electrons. The van der Waals surface area contributed by atoms with E-state index in [1.54, 1.807) is 6.08 Å². The van der Waals surface area contributed by atoms with Crippen molar-refractivity contribution < 1.29 is 25.2 Å². The topological polar surface area (TPSA) is 98.0 Å². The molecule has 5 atom stereocenters. The molecule has 0 saturated heterocycles. The number of carbonyl (C=O) groups is 1. The van der Waals surface area contributed by atoms with Crippen LogP contribution in [0.3, 0.4) is 0 Å². The summed E-state index contributed by atoms with van der Waals surface area (Å²) in [4.78, 5) is 10.4. The highest BCUT2D eigenvalue weighted by Gasteiger charge is 2.39. The second-order valence-electron chi connectivity index (χ2n) is 6.70. The molecule has 1 fully saturated rings. The normalized spacial score (nSPS) is 29.2. The molecule has 0 spiro atoms. The predicted octanol–water partition coefficient (Wildman–Crippen LogP) is 2.49. The van der Waals surface area contributed by atoms with Gasteiger partial charge in [0, 0.05) is 18.8 Å². The molecule has 0 heterocycles. The molecule has 1 saturated carbocycles. The summed E-state index contributed by atoms with van der Waals surface area (Å²) in [6.07, 6.45) is 8.38. The maximum atomic E-state index is 10.4. The molecule has 0 aromatic rings. The minimum atomic E-state index is -0.812. The summed E-state index contributed by atoms with van der Waals surface area (Å²) in [6, 6.07) is 0. The van der Waals surface area contributed by atoms with E-state index in [9.17, 15) is 20.1 Å². The molecule has 1 aliphatic rings. The SMILES string of the molecule is CCCCC[C@@H]1[C@H](/C=C/[C@H](O)CCCCC(=O)O)[C@@H](O)C[C@H]1O. The number of aliphatic carboxylic acids is 1. The molecule has 0 bridgehead atoms. The second kappa shape index (κ2) is 10.8. The van der Waals surface area contributed by atoms with Gasteiger partial charge in [0.2, 0.25) is 0 Å². The number of rotatable bonds is 11. The Labute approximate surface area is 139 Å². The number of aliphatic hydroxyl groups excluding tert-OH is 3. The monoisotopic (exact) mass is 328 g/mol. The fourth-order valence-corrected chi connectivity index (χ4v) is 3.39. The number of carboxylic acids is 1. The van der Waals surface area contributed by atoms with Gasteiger partial charge in [0.1, 0.15) is 0 Å². The lowest BCUT2D eigenvalue weighted by Gasteiger charge is -2.21. The third-order valence-corrected chi connectivity index (χ3v) is 4.75. The third-order valence-electron chi connectivity index (χ3n) is 4.75. The Morgan fingerprint density at radius 2 is 1.91 bits per heavy atom. The zero-order chi connectivity index (χ0) is 17.2. The van der Waals surface area contributed by atoms with Gasteiger partial charge in [-0.2, -0.15) is 0 Å². The summed E-state index contributed by atoms with van der Waals surface area (Å²) in [7, 11) is 0. The Morgan fingerprint density at radius 3 is 2.57 bits per heavy atom. The van der Waals surface area contributed by atoms with Crippen LogP contribution in [0.4, 0.5) is 0 Å². The van der Waals surface area contributed by atoms with Gasteiger partial charge in [0.05, 0.1) is 18.3 Å². The van der Waals surface area contributed by atoms with Crippen LogP contribution in [-0.2, 0) is 4.79 Å². The smallest absolute Gasteiger partial charge is 0.303 e. The summed E-state index contributed by atoms with van der Waals surface area (Å²) in [5.41, 5.74) is 0. The van der Waals surface area contributed by atoms with Crippen LogP contribution in [0.5, 0.6) is 0 Å². The molecule has 0 aromatic heterocycles. The van der Waals surface area contributed by atoms with E-state index in [2.05, 4.69) is 6.92 Å². The van der Waals surface area contributed by atoms with Crippen molar-refractivity contribution in [2.45, 2.75) is 83.0 Å². The molecule has 0 aromatic carbocycles. The maximum Gasteiger partial charge on any atom is 0.303 e. The van der Waals surface area contributed by atoms with Crippen molar-refractivity contribution >= 4 is 5.97 Å². The first-order valence-electron chi connectivity index (χ1n) is 8.90. The standard InChI is InChI=1S/C18H32O5/c1-2-3-4-8-14-15(17(21)12-16(14)20)11-10-13(19)7-5-6-9-18(22)23/h10-11,13-17,19-21H,2-9,12H2,1H3,(H,22,23)/b11-10+/t13-,14-,15+,16-,17+/m1/s1. The van der Waals surface area contributed by atoms with Gasteiger partial charge in [0.25, 0.3) is 0 Å². The summed E-state index contributed by atoms with van der Waals surface area (Å²) in [5, 5.41) is 38.7. The van der Waals surface area contributed by atoms with Crippen LogP contribution in [0.25, 0.3) is 0 Å². The number of hydrogen-bond acceptors (Lipinski definition) is 4. The van der Waals surface area contributed by atoms with Crippen molar-refractivity contribution in [1.82, 2.24) is 0 Å². The molecule has 1 aliphatic carbocycles. The Morgan fingerprint density at radius 1 is 1.17 bits per heavy atom. The highest BCUT2D eigenvalue weighted by molar-refractivity contribution is 5.66. The Kier molecular flexibility index (Phi) is 9.44. The van der Waals surface area contributed by atoms with Gasteiger partial charge in [-0.1, -0.05) is 38.3 Å². The second-order valence-corrected chi connectivity index (χ2v) is 6.70. The molecular formula is C18H32O5. The van der Waals surface area contributed by atoms with Crippen molar-refractivity contribution in [3.8, 4) is 0 Å². The van der Waals surface area contributed by atoms with Gasteiger partial charge in [-0.25, -0.2) is 0 Å². The first-order chi connectivity index (χ1) is 11.0. The average molecular weight is 328 g/mol. The van der Waals surface area contributed by atoms with Crippen LogP contribution in [0.2, 0.25) is 0 Å². The molecule has 0 unspecified atom stereocenters. The molecule has 23 heavy (non-hydrogen) atoms. The number of unbranched alkanes of at least 4 members (excludes halogenated alkanes) is 3. The number of carboxylic acid groups (broad SMARTS) is 1. The van der Waals surface area contributed by atoms with E-state index in [0.717, 1.165) is 25.7 Å². The van der Waals surface area contributed by atoms with Crippen LogP contribution in [-0.4, -0.2) is 44.7 Å². The Bertz CT molecular complexity index is 368. The Balaban J connectivity index is 2.42. The lowest BCUT2D eigenvalue weighted by molar-refractivity contribution is -0.137. The third kappa shape index (κ3) is 7.46. The van der Waals surface area contributed by atoms with E-state index in [1.807, 2.05) is 6.08 Å². The minimum absolute atomic E-state index is 0.0620. The lowest BCUT2D eigenvalue weighted by Crippen LogP contribution is -2.21. The molecule has 0 aliphatic heterocycles. The van der Waals surface area contributed by atoms with E-state index < -0.39 is 24.3 Å². The van der Waals surface area contributed by atoms with Crippen LogP contribution < -0.4 is 0 Å².